The molecule has 7 heteroatoms. The van der Waals surface area contributed by atoms with Crippen LogP contribution in [0, 0.1) is 11.8 Å². The molecular formula is C25H34LiO5P. The second-order valence-corrected chi connectivity index (χ2v) is 9.26. The van der Waals surface area contributed by atoms with E-state index in [9.17, 15) is 4.79 Å². The van der Waals surface area contributed by atoms with Crippen molar-refractivity contribution in [2.24, 2.45) is 11.8 Å². The molecule has 0 saturated carbocycles. The number of methoxy groups -OCH3 is 2. The molecule has 0 aromatic heterocycles. The van der Waals surface area contributed by atoms with Gasteiger partial charge >= 0.3 is 18.9 Å². The molecule has 0 aliphatic heterocycles. The Balaban J connectivity index is 0.00000512. The van der Waals surface area contributed by atoms with E-state index in [2.05, 4.69) is 27.7 Å². The monoisotopic (exact) mass is 452 g/mol. The van der Waals surface area contributed by atoms with Crippen molar-refractivity contribution in [3.63, 3.8) is 0 Å². The molecule has 0 radical (unpaired) electrons. The molecule has 0 N–H and O–H groups in total. The van der Waals surface area contributed by atoms with E-state index >= 15 is 0 Å². The normalized spacial score (nSPS) is 11.0. The molecule has 2 aromatic carbocycles. The van der Waals surface area contributed by atoms with Crippen LogP contribution < -0.4 is 43.1 Å². The number of hydrogen-bond acceptors (Lipinski definition) is 5. The molecule has 0 heterocycles. The summed E-state index contributed by atoms with van der Waals surface area (Å²) in [5.74, 6) is 3.52. The number of ether oxygens (including phenoxy) is 4. The first-order chi connectivity index (χ1) is 14.8. The number of carbonyl (C=O) groups excluding carboxylic acids is 1. The summed E-state index contributed by atoms with van der Waals surface area (Å²) in [6.07, 6.45) is 1.92. The van der Waals surface area contributed by atoms with Gasteiger partial charge in [-0.05, 0) is 42.9 Å². The first-order valence-corrected chi connectivity index (χ1v) is 11.6. The minimum absolute atomic E-state index is 0. The Hall–Kier alpha value is -1.66. The Morgan fingerprint density at radius 1 is 0.844 bits per heavy atom. The average Bonchev–Trinajstić information content (AvgIpc) is 2.74. The van der Waals surface area contributed by atoms with Crippen molar-refractivity contribution >= 4 is 19.4 Å². The predicted molar refractivity (Wildman–Crippen MR) is 127 cm³/mol. The molecule has 0 atom stereocenters. The van der Waals surface area contributed by atoms with E-state index in [0.717, 1.165) is 23.9 Å². The predicted octanol–water partition coefficient (Wildman–Crippen LogP) is 2.97. The summed E-state index contributed by atoms with van der Waals surface area (Å²) < 4.78 is 22.7. The van der Waals surface area contributed by atoms with Crippen LogP contribution in [-0.4, -0.2) is 33.0 Å². The molecule has 2 aromatic rings. The van der Waals surface area contributed by atoms with Gasteiger partial charge in [0.25, 0.3) is 0 Å². The zero-order chi connectivity index (χ0) is 22.8. The third-order valence-electron chi connectivity index (χ3n) is 4.71. The maximum Gasteiger partial charge on any atom is 1.00 e. The van der Waals surface area contributed by atoms with Crippen molar-refractivity contribution in [3.05, 3.63) is 42.0 Å². The van der Waals surface area contributed by atoms with E-state index in [4.69, 9.17) is 18.9 Å². The molecule has 2 rings (SSSR count). The van der Waals surface area contributed by atoms with Crippen LogP contribution >= 0.6 is 8.58 Å². The van der Waals surface area contributed by atoms with E-state index in [1.807, 2.05) is 18.2 Å². The molecule has 0 amide bonds. The van der Waals surface area contributed by atoms with Gasteiger partial charge in [0.05, 0.1) is 38.7 Å². The van der Waals surface area contributed by atoms with E-state index in [0.29, 0.717) is 56.4 Å². The Morgan fingerprint density at radius 2 is 1.41 bits per heavy atom. The van der Waals surface area contributed by atoms with Gasteiger partial charge in [-0.25, -0.2) is 0 Å². The molecule has 0 saturated heterocycles. The maximum atomic E-state index is 13.2. The first-order valence-electron chi connectivity index (χ1n) is 10.7. The first kappa shape index (κ1) is 28.4. The summed E-state index contributed by atoms with van der Waals surface area (Å²) in [6.45, 7) is 9.89. The minimum Gasteiger partial charge on any atom is -0.496 e. The van der Waals surface area contributed by atoms with Crippen molar-refractivity contribution in [3.8, 4) is 23.0 Å². The van der Waals surface area contributed by atoms with Gasteiger partial charge in [-0.3, -0.25) is 0 Å². The molecule has 0 aliphatic rings. The minimum atomic E-state index is -0.114. The molecule has 0 spiro atoms. The Morgan fingerprint density at radius 3 is 1.94 bits per heavy atom. The summed E-state index contributed by atoms with van der Waals surface area (Å²) in [6, 6.07) is 11.0. The third-order valence-corrected chi connectivity index (χ3v) is 5.75. The molecule has 0 fully saturated rings. The smallest absolute Gasteiger partial charge is 0.496 e. The van der Waals surface area contributed by atoms with Gasteiger partial charge < -0.3 is 32.3 Å². The largest absolute Gasteiger partial charge is 1.00 e. The van der Waals surface area contributed by atoms with Crippen LogP contribution in [0.5, 0.6) is 23.0 Å². The van der Waals surface area contributed by atoms with Crippen LogP contribution in [0.15, 0.2) is 36.4 Å². The Kier molecular flexibility index (Phi) is 12.8. The number of rotatable bonds is 13. The van der Waals surface area contributed by atoms with Crippen LogP contribution in [0.2, 0.25) is 0 Å². The zero-order valence-corrected chi connectivity index (χ0v) is 21.3. The van der Waals surface area contributed by atoms with Crippen molar-refractivity contribution in [1.29, 1.82) is 0 Å². The number of hydrogen-bond donors (Lipinski definition) is 0. The topological polar surface area (TPSA) is 54.0 Å². The summed E-state index contributed by atoms with van der Waals surface area (Å²) in [5, 5.41) is 0.790. The zero-order valence-electron chi connectivity index (χ0n) is 20.4. The van der Waals surface area contributed by atoms with Gasteiger partial charge in [0.2, 0.25) is 0 Å². The van der Waals surface area contributed by atoms with Crippen LogP contribution in [0.1, 0.15) is 50.9 Å². The van der Waals surface area contributed by atoms with Crippen LogP contribution in [0.3, 0.4) is 0 Å². The quantitative estimate of drug-likeness (QED) is 0.346. The molecule has 170 valence electrons. The third kappa shape index (κ3) is 8.70. The Labute approximate surface area is 206 Å². The second-order valence-electron chi connectivity index (χ2n) is 8.15. The molecule has 0 bridgehead atoms. The van der Waals surface area contributed by atoms with Gasteiger partial charge in [-0.1, -0.05) is 39.8 Å². The Bertz CT molecular complexity index is 832. The fourth-order valence-electron chi connectivity index (χ4n) is 2.84. The van der Waals surface area contributed by atoms with Gasteiger partial charge in [0.1, 0.15) is 17.2 Å². The fourth-order valence-corrected chi connectivity index (χ4v) is 3.78. The maximum absolute atomic E-state index is 13.2. The molecule has 32 heavy (non-hydrogen) atoms. The van der Waals surface area contributed by atoms with Gasteiger partial charge in [-0.15, -0.1) is 0 Å². The van der Waals surface area contributed by atoms with Crippen LogP contribution in [0.4, 0.5) is 0 Å². The van der Waals surface area contributed by atoms with Crippen molar-refractivity contribution in [2.45, 2.75) is 40.5 Å². The number of carbonyl (C=O) groups is 1. The standard InChI is InChI=1S/C25H34O5P.Li/c1-17(2)12-14-29-19-10-11-23(22(16-19)30-15-13-18(3)4)31-25(26)24-20(27-5)8-7-9-21(24)28-6;/h7-11,16-18H,12-15H2,1-6H3;/q-1;+1. The van der Waals surface area contributed by atoms with E-state index < -0.39 is 0 Å². The summed E-state index contributed by atoms with van der Waals surface area (Å²) in [5.41, 5.74) is 0.316. The molecular weight excluding hydrogens is 418 g/mol. The summed E-state index contributed by atoms with van der Waals surface area (Å²) in [7, 11) is 3.58. The van der Waals surface area contributed by atoms with Crippen LogP contribution in [-0.2, 0) is 0 Å². The summed E-state index contributed by atoms with van der Waals surface area (Å²) in [4.78, 5) is 13.2. The van der Waals surface area contributed by atoms with E-state index in [1.165, 1.54) is 0 Å². The second kappa shape index (κ2) is 14.5. The molecule has 0 aliphatic carbocycles. The fraction of sp³-hybridized carbons (Fsp3) is 0.480. The van der Waals surface area contributed by atoms with Crippen LogP contribution in [0.25, 0.3) is 0 Å². The summed E-state index contributed by atoms with van der Waals surface area (Å²) >= 11 is 0. The molecule has 5 nitrogen and oxygen atoms in total. The average molecular weight is 452 g/mol. The van der Waals surface area contributed by atoms with Gasteiger partial charge in [0, 0.05) is 11.6 Å². The SMILES string of the molecule is COc1cccc(OC)c1C(=O)[P-]c1ccc(OCCC(C)C)cc1OCCC(C)C.[Li+]. The number of benzene rings is 2. The van der Waals surface area contributed by atoms with Crippen molar-refractivity contribution in [1.82, 2.24) is 0 Å². The van der Waals surface area contributed by atoms with E-state index in [-0.39, 0.29) is 24.4 Å². The van der Waals surface area contributed by atoms with Crippen molar-refractivity contribution in [2.75, 3.05) is 27.4 Å². The van der Waals surface area contributed by atoms with Crippen molar-refractivity contribution < 1.29 is 42.6 Å². The van der Waals surface area contributed by atoms with E-state index in [1.54, 1.807) is 32.4 Å². The van der Waals surface area contributed by atoms with Gasteiger partial charge in [-0.2, -0.15) is 5.30 Å². The molecule has 0 unspecified atom stereocenters. The van der Waals surface area contributed by atoms with Gasteiger partial charge in [0.15, 0.2) is 0 Å².